The smallest absolute Gasteiger partial charge is 0.120 e. The third kappa shape index (κ3) is 2.76. The summed E-state index contributed by atoms with van der Waals surface area (Å²) in [6.07, 6.45) is 0. The van der Waals surface area contributed by atoms with Gasteiger partial charge in [-0.05, 0) is 29.6 Å². The summed E-state index contributed by atoms with van der Waals surface area (Å²) in [6, 6.07) is 8.29. The molecule has 0 saturated heterocycles. The molecular weight excluding hydrogens is 230 g/mol. The molecule has 0 radical (unpaired) electrons. The molecule has 1 aromatic carbocycles. The van der Waals surface area contributed by atoms with Crippen LogP contribution in [0.3, 0.4) is 0 Å². The van der Waals surface area contributed by atoms with E-state index in [4.69, 9.17) is 5.73 Å². The zero-order chi connectivity index (χ0) is 12.3. The number of hydrogen-bond donors (Lipinski definition) is 1. The van der Waals surface area contributed by atoms with Gasteiger partial charge in [-0.1, -0.05) is 26.0 Å². The maximum Gasteiger partial charge on any atom is 0.120 e. The van der Waals surface area contributed by atoms with E-state index in [-0.39, 0.29) is 0 Å². The molecule has 4 heteroatoms. The summed E-state index contributed by atoms with van der Waals surface area (Å²) in [7, 11) is 0. The molecule has 2 rings (SSSR count). The van der Waals surface area contributed by atoms with E-state index in [1.54, 1.807) is 11.5 Å². The summed E-state index contributed by atoms with van der Waals surface area (Å²) in [6.45, 7) is 7.06. The van der Waals surface area contributed by atoms with Crippen molar-refractivity contribution in [2.24, 2.45) is 11.7 Å². The van der Waals surface area contributed by atoms with Crippen molar-refractivity contribution in [2.75, 3.05) is 24.5 Å². The number of benzene rings is 1. The lowest BCUT2D eigenvalue weighted by atomic mass is 10.2. The minimum absolute atomic E-state index is 0.627. The van der Waals surface area contributed by atoms with Gasteiger partial charge in [0, 0.05) is 25.0 Å². The van der Waals surface area contributed by atoms with Crippen molar-refractivity contribution in [3.8, 4) is 0 Å². The molecule has 3 nitrogen and oxygen atoms in total. The molecule has 2 aromatic rings. The molecule has 0 spiro atoms. The van der Waals surface area contributed by atoms with Crippen molar-refractivity contribution < 1.29 is 0 Å². The lowest BCUT2D eigenvalue weighted by Crippen LogP contribution is -2.32. The molecule has 0 fully saturated rings. The van der Waals surface area contributed by atoms with E-state index in [0.29, 0.717) is 12.5 Å². The predicted molar refractivity (Wildman–Crippen MR) is 75.7 cm³/mol. The van der Waals surface area contributed by atoms with Crippen LogP contribution in [0.15, 0.2) is 24.3 Å². The summed E-state index contributed by atoms with van der Waals surface area (Å²) >= 11 is 1.57. The topological polar surface area (TPSA) is 42.1 Å². The normalized spacial score (nSPS) is 11.3. The van der Waals surface area contributed by atoms with Crippen LogP contribution in [0, 0.1) is 5.92 Å². The van der Waals surface area contributed by atoms with Crippen LogP contribution in [-0.2, 0) is 0 Å². The van der Waals surface area contributed by atoms with Crippen LogP contribution in [0.1, 0.15) is 13.8 Å². The Hall–Kier alpha value is -1.13. The zero-order valence-corrected chi connectivity index (χ0v) is 11.2. The standard InChI is InChI=1S/C13H19N3S/c1-10(2)9-16(8-7-14)13-11-5-3-4-6-12(11)15-17-13/h3-6,10H,7-9,14H2,1-2H3. The highest BCUT2D eigenvalue weighted by molar-refractivity contribution is 7.11. The fourth-order valence-corrected chi connectivity index (χ4v) is 2.87. The number of nitrogens with two attached hydrogens (primary N) is 1. The van der Waals surface area contributed by atoms with Gasteiger partial charge >= 0.3 is 0 Å². The van der Waals surface area contributed by atoms with Crippen molar-refractivity contribution in [3.63, 3.8) is 0 Å². The van der Waals surface area contributed by atoms with Gasteiger partial charge in [-0.3, -0.25) is 0 Å². The van der Waals surface area contributed by atoms with Gasteiger partial charge in [0.05, 0.1) is 5.52 Å². The average Bonchev–Trinajstić information content (AvgIpc) is 2.71. The Balaban J connectivity index is 2.34. The molecule has 92 valence electrons. The molecule has 0 atom stereocenters. The first-order valence-corrected chi connectivity index (χ1v) is 6.79. The summed E-state index contributed by atoms with van der Waals surface area (Å²) in [5, 5.41) is 2.49. The highest BCUT2D eigenvalue weighted by Gasteiger charge is 2.13. The Morgan fingerprint density at radius 3 is 2.82 bits per heavy atom. The van der Waals surface area contributed by atoms with Crippen LogP contribution in [0.4, 0.5) is 5.00 Å². The zero-order valence-electron chi connectivity index (χ0n) is 10.4. The van der Waals surface area contributed by atoms with Gasteiger partial charge in [-0.25, -0.2) is 0 Å². The van der Waals surface area contributed by atoms with Gasteiger partial charge in [0.2, 0.25) is 0 Å². The fraction of sp³-hybridized carbons (Fsp3) is 0.462. The maximum atomic E-state index is 5.70. The Labute approximate surface area is 106 Å². The molecular formula is C13H19N3S. The molecule has 1 heterocycles. The second-order valence-electron chi connectivity index (χ2n) is 4.63. The quantitative estimate of drug-likeness (QED) is 0.886. The molecule has 0 amide bonds. The fourth-order valence-electron chi connectivity index (χ4n) is 1.98. The van der Waals surface area contributed by atoms with Crippen LogP contribution in [-0.4, -0.2) is 24.0 Å². The summed E-state index contributed by atoms with van der Waals surface area (Å²) in [5.41, 5.74) is 6.78. The van der Waals surface area contributed by atoms with Gasteiger partial charge < -0.3 is 10.6 Å². The molecule has 0 aliphatic heterocycles. The number of hydrogen-bond acceptors (Lipinski definition) is 4. The molecule has 0 unspecified atom stereocenters. The molecule has 0 aliphatic rings. The first kappa shape index (κ1) is 12.3. The Kier molecular flexibility index (Phi) is 3.97. The molecule has 2 N–H and O–H groups in total. The molecule has 0 aliphatic carbocycles. The van der Waals surface area contributed by atoms with Gasteiger partial charge in [-0.2, -0.15) is 4.37 Å². The van der Waals surface area contributed by atoms with E-state index in [9.17, 15) is 0 Å². The summed E-state index contributed by atoms with van der Waals surface area (Å²) < 4.78 is 4.49. The lowest BCUT2D eigenvalue weighted by Gasteiger charge is -2.24. The first-order chi connectivity index (χ1) is 8.22. The van der Waals surface area contributed by atoms with E-state index in [1.807, 2.05) is 6.07 Å². The maximum absolute atomic E-state index is 5.70. The Bertz CT molecular complexity index is 478. The minimum Gasteiger partial charge on any atom is -0.360 e. The van der Waals surface area contributed by atoms with E-state index >= 15 is 0 Å². The predicted octanol–water partition coefficient (Wildman–Crippen LogP) is 2.72. The number of fused-ring (bicyclic) bond motifs is 1. The van der Waals surface area contributed by atoms with Gasteiger partial charge in [0.1, 0.15) is 5.00 Å². The second kappa shape index (κ2) is 5.47. The number of anilines is 1. The largest absolute Gasteiger partial charge is 0.360 e. The van der Waals surface area contributed by atoms with E-state index in [1.165, 1.54) is 10.4 Å². The first-order valence-electron chi connectivity index (χ1n) is 6.01. The van der Waals surface area contributed by atoms with E-state index in [0.717, 1.165) is 18.6 Å². The third-order valence-corrected chi connectivity index (χ3v) is 3.58. The monoisotopic (exact) mass is 249 g/mol. The Morgan fingerprint density at radius 1 is 1.35 bits per heavy atom. The molecule has 1 aromatic heterocycles. The van der Waals surface area contributed by atoms with Gasteiger partial charge in [0.25, 0.3) is 0 Å². The van der Waals surface area contributed by atoms with Crippen molar-refractivity contribution >= 4 is 27.4 Å². The van der Waals surface area contributed by atoms with Crippen molar-refractivity contribution in [1.29, 1.82) is 0 Å². The van der Waals surface area contributed by atoms with Crippen LogP contribution < -0.4 is 10.6 Å². The van der Waals surface area contributed by atoms with Crippen LogP contribution in [0.25, 0.3) is 10.9 Å². The molecule has 17 heavy (non-hydrogen) atoms. The third-order valence-electron chi connectivity index (χ3n) is 2.64. The van der Waals surface area contributed by atoms with Gasteiger partial charge in [-0.15, -0.1) is 0 Å². The van der Waals surface area contributed by atoms with Crippen molar-refractivity contribution in [2.45, 2.75) is 13.8 Å². The number of nitrogens with zero attached hydrogens (tertiary/aromatic N) is 2. The van der Waals surface area contributed by atoms with E-state index in [2.05, 4.69) is 41.3 Å². The summed E-state index contributed by atoms with van der Waals surface area (Å²) in [5.74, 6) is 0.627. The minimum atomic E-state index is 0.627. The van der Waals surface area contributed by atoms with E-state index < -0.39 is 0 Å². The van der Waals surface area contributed by atoms with Crippen molar-refractivity contribution in [1.82, 2.24) is 4.37 Å². The SMILES string of the molecule is CC(C)CN(CCN)c1snc2ccccc12. The van der Waals surface area contributed by atoms with Crippen LogP contribution >= 0.6 is 11.5 Å². The van der Waals surface area contributed by atoms with Crippen LogP contribution in [0.5, 0.6) is 0 Å². The number of aromatic nitrogens is 1. The lowest BCUT2D eigenvalue weighted by molar-refractivity contribution is 0.615. The molecule has 0 bridgehead atoms. The van der Waals surface area contributed by atoms with Crippen molar-refractivity contribution in [3.05, 3.63) is 24.3 Å². The highest BCUT2D eigenvalue weighted by atomic mass is 32.1. The molecule has 0 saturated carbocycles. The highest BCUT2D eigenvalue weighted by Crippen LogP contribution is 2.31. The van der Waals surface area contributed by atoms with Gasteiger partial charge in [0.15, 0.2) is 0 Å². The number of rotatable bonds is 5. The average molecular weight is 249 g/mol. The van der Waals surface area contributed by atoms with Crippen LogP contribution in [0.2, 0.25) is 0 Å². The summed E-state index contributed by atoms with van der Waals surface area (Å²) in [4.78, 5) is 2.35. The Morgan fingerprint density at radius 2 is 2.12 bits per heavy atom. The second-order valence-corrected chi connectivity index (χ2v) is 5.39.